The van der Waals surface area contributed by atoms with Gasteiger partial charge in [-0.1, -0.05) is 0 Å². The summed E-state index contributed by atoms with van der Waals surface area (Å²) in [5, 5.41) is 0.858. The zero-order valence-electron chi connectivity index (χ0n) is 15.0. The van der Waals surface area contributed by atoms with E-state index in [0.29, 0.717) is 23.1 Å². The van der Waals surface area contributed by atoms with Crippen LogP contribution in [0.5, 0.6) is 11.5 Å². The molecule has 3 rings (SSSR count). The normalized spacial score (nSPS) is 10.8. The van der Waals surface area contributed by atoms with E-state index in [2.05, 4.69) is 9.97 Å². The number of carbonyl (C=O) groups excluding carboxylic acids is 1. The number of aryl methyl sites for hydroxylation is 2. The third-order valence-electron chi connectivity index (χ3n) is 4.06. The van der Waals surface area contributed by atoms with Crippen molar-refractivity contribution in [1.29, 1.82) is 0 Å². The zero-order chi connectivity index (χ0) is 18.8. The highest BCUT2D eigenvalue weighted by Crippen LogP contribution is 2.32. The van der Waals surface area contributed by atoms with Gasteiger partial charge in [0.1, 0.15) is 27.7 Å². The molecule has 136 valence electrons. The van der Waals surface area contributed by atoms with Gasteiger partial charge in [0, 0.05) is 4.88 Å². The molecule has 0 unspecified atom stereocenters. The number of methoxy groups -OCH3 is 2. The first-order valence-corrected chi connectivity index (χ1v) is 8.67. The number of hydrogen-bond donors (Lipinski definition) is 1. The third kappa shape index (κ3) is 3.28. The van der Waals surface area contributed by atoms with Crippen LogP contribution in [0.15, 0.2) is 18.2 Å². The van der Waals surface area contributed by atoms with Crippen LogP contribution in [0.3, 0.4) is 0 Å². The average molecular weight is 373 g/mol. The molecule has 8 heteroatoms. The average Bonchev–Trinajstić information content (AvgIpc) is 2.93. The van der Waals surface area contributed by atoms with Crippen molar-refractivity contribution in [3.8, 4) is 11.5 Å². The molecular formula is C18H19N3O4S. The highest BCUT2D eigenvalue weighted by Gasteiger charge is 2.17. The Morgan fingerprint density at radius 2 is 1.96 bits per heavy atom. The van der Waals surface area contributed by atoms with Crippen molar-refractivity contribution < 1.29 is 19.0 Å². The van der Waals surface area contributed by atoms with Crippen molar-refractivity contribution in [1.82, 2.24) is 9.97 Å². The molecule has 0 aliphatic heterocycles. The molecule has 2 aromatic heterocycles. The van der Waals surface area contributed by atoms with E-state index in [1.807, 2.05) is 13.8 Å². The summed E-state index contributed by atoms with van der Waals surface area (Å²) in [6.07, 6.45) is 0. The lowest BCUT2D eigenvalue weighted by Gasteiger charge is -2.10. The Morgan fingerprint density at radius 3 is 2.65 bits per heavy atom. The Labute approximate surface area is 154 Å². The van der Waals surface area contributed by atoms with E-state index in [1.165, 1.54) is 14.2 Å². The summed E-state index contributed by atoms with van der Waals surface area (Å²) in [5.74, 6) is 1.12. The van der Waals surface area contributed by atoms with Gasteiger partial charge in [-0.3, -0.25) is 0 Å². The van der Waals surface area contributed by atoms with Crippen molar-refractivity contribution in [2.45, 2.75) is 20.5 Å². The Balaban J connectivity index is 1.83. The summed E-state index contributed by atoms with van der Waals surface area (Å²) >= 11 is 1.54. The Morgan fingerprint density at radius 1 is 1.19 bits per heavy atom. The summed E-state index contributed by atoms with van der Waals surface area (Å²) in [6.45, 7) is 3.91. The molecule has 0 atom stereocenters. The standard InChI is InChI=1S/C18H19N3O4S/c1-9-10(2)26-17-15(9)16(19)20-14(21-17)8-25-18(22)12-7-11(23-3)5-6-13(12)24-4/h5-7H,8H2,1-4H3,(H2,19,20,21). The number of hydrogen-bond acceptors (Lipinski definition) is 8. The predicted octanol–water partition coefficient (Wildman–Crippen LogP) is 3.26. The van der Waals surface area contributed by atoms with E-state index in [9.17, 15) is 4.79 Å². The molecule has 26 heavy (non-hydrogen) atoms. The molecule has 7 nitrogen and oxygen atoms in total. The van der Waals surface area contributed by atoms with Gasteiger partial charge in [-0.05, 0) is 37.6 Å². The van der Waals surface area contributed by atoms with Crippen LogP contribution >= 0.6 is 11.3 Å². The maximum absolute atomic E-state index is 12.4. The molecule has 0 fully saturated rings. The predicted molar refractivity (Wildman–Crippen MR) is 100.0 cm³/mol. The fourth-order valence-electron chi connectivity index (χ4n) is 2.57. The zero-order valence-corrected chi connectivity index (χ0v) is 15.8. The Kier molecular flexibility index (Phi) is 4.94. The number of aromatic nitrogens is 2. The number of carbonyl (C=O) groups is 1. The molecule has 0 aliphatic rings. The van der Waals surface area contributed by atoms with Gasteiger partial charge in [0.25, 0.3) is 0 Å². The largest absolute Gasteiger partial charge is 0.497 e. The monoisotopic (exact) mass is 373 g/mol. The first-order chi connectivity index (χ1) is 12.4. The van der Waals surface area contributed by atoms with Gasteiger partial charge in [-0.2, -0.15) is 0 Å². The number of ether oxygens (including phenoxy) is 3. The SMILES string of the molecule is COc1ccc(OC)c(C(=O)OCc2nc(N)c3c(C)c(C)sc3n2)c1. The van der Waals surface area contributed by atoms with Gasteiger partial charge in [-0.15, -0.1) is 11.3 Å². The number of anilines is 1. The van der Waals surface area contributed by atoms with Crippen LogP contribution in [0.25, 0.3) is 10.2 Å². The van der Waals surface area contributed by atoms with Gasteiger partial charge in [0.15, 0.2) is 12.4 Å². The quantitative estimate of drug-likeness (QED) is 0.686. The van der Waals surface area contributed by atoms with E-state index in [4.69, 9.17) is 19.9 Å². The van der Waals surface area contributed by atoms with Crippen molar-refractivity contribution in [2.24, 2.45) is 0 Å². The third-order valence-corrected chi connectivity index (χ3v) is 5.16. The second-order valence-corrected chi connectivity index (χ2v) is 6.83. The van der Waals surface area contributed by atoms with Crippen LogP contribution in [0.2, 0.25) is 0 Å². The number of nitrogens with two attached hydrogens (primary N) is 1. The van der Waals surface area contributed by atoms with Gasteiger partial charge < -0.3 is 19.9 Å². The lowest BCUT2D eigenvalue weighted by atomic mass is 10.2. The summed E-state index contributed by atoms with van der Waals surface area (Å²) in [6, 6.07) is 4.91. The molecule has 0 bridgehead atoms. The molecule has 2 heterocycles. The fourth-order valence-corrected chi connectivity index (χ4v) is 3.63. The van der Waals surface area contributed by atoms with E-state index in [0.717, 1.165) is 20.7 Å². The number of esters is 1. The van der Waals surface area contributed by atoms with Crippen molar-refractivity contribution in [3.05, 3.63) is 40.0 Å². The van der Waals surface area contributed by atoms with Crippen LogP contribution in [0, 0.1) is 13.8 Å². The maximum Gasteiger partial charge on any atom is 0.342 e. The van der Waals surface area contributed by atoms with E-state index >= 15 is 0 Å². The maximum atomic E-state index is 12.4. The van der Waals surface area contributed by atoms with Gasteiger partial charge in [0.2, 0.25) is 0 Å². The molecule has 0 radical (unpaired) electrons. The minimum Gasteiger partial charge on any atom is -0.497 e. The van der Waals surface area contributed by atoms with Crippen LogP contribution in [0.1, 0.15) is 26.6 Å². The van der Waals surface area contributed by atoms with Crippen molar-refractivity contribution in [3.63, 3.8) is 0 Å². The number of nitrogen functional groups attached to an aromatic ring is 1. The van der Waals surface area contributed by atoms with Crippen LogP contribution in [0.4, 0.5) is 5.82 Å². The Bertz CT molecular complexity index is 984. The molecule has 3 aromatic rings. The van der Waals surface area contributed by atoms with Crippen molar-refractivity contribution >= 4 is 33.3 Å². The first-order valence-electron chi connectivity index (χ1n) is 7.85. The van der Waals surface area contributed by atoms with Crippen LogP contribution < -0.4 is 15.2 Å². The topological polar surface area (TPSA) is 96.6 Å². The lowest BCUT2D eigenvalue weighted by Crippen LogP contribution is -2.10. The minimum absolute atomic E-state index is 0.0880. The highest BCUT2D eigenvalue weighted by atomic mass is 32.1. The number of fused-ring (bicyclic) bond motifs is 1. The van der Waals surface area contributed by atoms with Crippen LogP contribution in [-0.2, 0) is 11.3 Å². The lowest BCUT2D eigenvalue weighted by molar-refractivity contribution is 0.0458. The molecule has 1 aromatic carbocycles. The fraction of sp³-hybridized carbons (Fsp3) is 0.278. The number of rotatable bonds is 5. The number of benzene rings is 1. The minimum atomic E-state index is -0.554. The number of nitrogens with zero attached hydrogens (tertiary/aromatic N) is 2. The molecule has 0 spiro atoms. The highest BCUT2D eigenvalue weighted by molar-refractivity contribution is 7.18. The van der Waals surface area contributed by atoms with E-state index < -0.39 is 5.97 Å². The molecule has 0 amide bonds. The van der Waals surface area contributed by atoms with Gasteiger partial charge >= 0.3 is 5.97 Å². The van der Waals surface area contributed by atoms with Gasteiger partial charge in [0.05, 0.1) is 19.6 Å². The molecule has 0 saturated carbocycles. The smallest absolute Gasteiger partial charge is 0.342 e. The summed E-state index contributed by atoms with van der Waals surface area (Å²) in [5.41, 5.74) is 7.39. The van der Waals surface area contributed by atoms with E-state index in [1.54, 1.807) is 29.5 Å². The van der Waals surface area contributed by atoms with E-state index in [-0.39, 0.29) is 12.2 Å². The second kappa shape index (κ2) is 7.17. The Hall–Kier alpha value is -2.87. The second-order valence-electron chi connectivity index (χ2n) is 5.63. The number of thiophene rings is 1. The molecule has 0 saturated heterocycles. The summed E-state index contributed by atoms with van der Waals surface area (Å²) in [4.78, 5) is 23.1. The molecule has 2 N–H and O–H groups in total. The van der Waals surface area contributed by atoms with Crippen molar-refractivity contribution in [2.75, 3.05) is 20.0 Å². The summed E-state index contributed by atoms with van der Waals surface area (Å²) < 4.78 is 15.7. The molecule has 0 aliphatic carbocycles. The molecular weight excluding hydrogens is 354 g/mol. The van der Waals surface area contributed by atoms with Gasteiger partial charge in [-0.25, -0.2) is 14.8 Å². The van der Waals surface area contributed by atoms with Crippen LogP contribution in [-0.4, -0.2) is 30.2 Å². The first kappa shape index (κ1) is 17.9. The summed E-state index contributed by atoms with van der Waals surface area (Å²) in [7, 11) is 3.01.